The maximum atomic E-state index is 11.7. The molecule has 22 heavy (non-hydrogen) atoms. The summed E-state index contributed by atoms with van der Waals surface area (Å²) in [4.78, 5) is 11.7. The third-order valence-corrected chi connectivity index (χ3v) is 4.11. The molecule has 2 N–H and O–H groups in total. The number of fused-ring (bicyclic) bond motifs is 1. The van der Waals surface area contributed by atoms with Gasteiger partial charge in [0.05, 0.1) is 11.1 Å². The minimum atomic E-state index is -0.884. The zero-order valence-electron chi connectivity index (χ0n) is 13.4. The summed E-state index contributed by atoms with van der Waals surface area (Å²) in [6.45, 7) is 4.96. The second-order valence-corrected chi connectivity index (χ2v) is 5.73. The van der Waals surface area contributed by atoms with Gasteiger partial charge in [0.1, 0.15) is 0 Å². The molecule has 0 aliphatic rings. The highest BCUT2D eigenvalue weighted by Gasteiger charge is 2.17. The second kappa shape index (κ2) is 7.45. The van der Waals surface area contributed by atoms with Crippen molar-refractivity contribution < 1.29 is 15.0 Å². The largest absolute Gasteiger partial charge is 0.478 e. The Morgan fingerprint density at radius 3 is 2.59 bits per heavy atom. The first-order valence-corrected chi connectivity index (χ1v) is 8.11. The Morgan fingerprint density at radius 1 is 1.23 bits per heavy atom. The van der Waals surface area contributed by atoms with Gasteiger partial charge in [-0.05, 0) is 48.9 Å². The van der Waals surface area contributed by atoms with Gasteiger partial charge in [-0.25, -0.2) is 4.79 Å². The molecule has 0 radical (unpaired) electrons. The molecule has 2 aromatic rings. The number of carboxylic acids is 1. The van der Waals surface area contributed by atoms with Crippen LogP contribution in [0.5, 0.6) is 0 Å². The van der Waals surface area contributed by atoms with Gasteiger partial charge in [-0.2, -0.15) is 0 Å². The van der Waals surface area contributed by atoms with Crippen molar-refractivity contribution in [3.8, 4) is 0 Å². The number of aliphatic hydroxyl groups is 1. The van der Waals surface area contributed by atoms with E-state index in [9.17, 15) is 9.90 Å². The number of hydrogen-bond donors (Lipinski definition) is 2. The fourth-order valence-corrected chi connectivity index (χ4v) is 2.92. The van der Waals surface area contributed by atoms with Gasteiger partial charge in [-0.3, -0.25) is 0 Å². The Labute approximate surface area is 131 Å². The van der Waals surface area contributed by atoms with Crippen LogP contribution in [-0.4, -0.2) is 27.4 Å². The lowest BCUT2D eigenvalue weighted by Crippen LogP contribution is -2.05. The van der Waals surface area contributed by atoms with Crippen LogP contribution >= 0.6 is 0 Å². The smallest absolute Gasteiger partial charge is 0.337 e. The molecule has 1 aromatic carbocycles. The molecule has 0 bridgehead atoms. The molecule has 2 rings (SSSR count). The highest BCUT2D eigenvalue weighted by Crippen LogP contribution is 2.28. The molecule has 0 saturated heterocycles. The Hall–Kier alpha value is -1.81. The molecule has 1 heterocycles. The van der Waals surface area contributed by atoms with Gasteiger partial charge < -0.3 is 14.8 Å². The number of nitrogens with zero attached hydrogens (tertiary/aromatic N) is 1. The molecule has 0 spiro atoms. The number of aliphatic hydroxyl groups excluding tert-OH is 1. The Balaban J connectivity index is 2.64. The minimum absolute atomic E-state index is 0.111. The lowest BCUT2D eigenvalue weighted by molar-refractivity contribution is 0.0698. The number of aromatic nitrogens is 1. The minimum Gasteiger partial charge on any atom is -0.478 e. The summed E-state index contributed by atoms with van der Waals surface area (Å²) in [6, 6.07) is 3.91. The predicted molar refractivity (Wildman–Crippen MR) is 88.6 cm³/mol. The molecule has 0 fully saturated rings. The molecular formula is C18H25NO3. The molecule has 0 unspecified atom stereocenters. The van der Waals surface area contributed by atoms with Crippen LogP contribution in [0.2, 0.25) is 0 Å². The maximum Gasteiger partial charge on any atom is 0.337 e. The third-order valence-electron chi connectivity index (χ3n) is 4.11. The van der Waals surface area contributed by atoms with Crippen molar-refractivity contribution in [2.45, 2.75) is 52.5 Å². The van der Waals surface area contributed by atoms with Gasteiger partial charge in [0.2, 0.25) is 0 Å². The topological polar surface area (TPSA) is 62.5 Å². The number of benzene rings is 1. The molecule has 0 aliphatic carbocycles. The normalized spacial score (nSPS) is 11.2. The third kappa shape index (κ3) is 3.33. The van der Waals surface area contributed by atoms with Gasteiger partial charge in [0.15, 0.2) is 0 Å². The number of unbranched alkanes of at least 4 members (excludes halogenated alkanes) is 1. The maximum absolute atomic E-state index is 11.7. The number of rotatable bonds is 8. The van der Waals surface area contributed by atoms with Crippen LogP contribution in [-0.2, 0) is 19.4 Å². The zero-order chi connectivity index (χ0) is 16.1. The van der Waals surface area contributed by atoms with Crippen molar-refractivity contribution in [2.24, 2.45) is 0 Å². The number of aryl methyl sites for hydroxylation is 3. The molecular weight excluding hydrogens is 278 g/mol. The van der Waals surface area contributed by atoms with Crippen LogP contribution in [0, 0.1) is 0 Å². The average molecular weight is 303 g/mol. The standard InChI is InChI=1S/C18H25NO3/c1-3-5-7-14-12-19(8-6-9-20)17-15(14)10-13(4-2)11-16(17)18(21)22/h10-12,20H,3-9H2,1-2H3,(H,21,22). The molecule has 0 atom stereocenters. The number of carbonyl (C=O) groups is 1. The molecule has 0 amide bonds. The van der Waals surface area contributed by atoms with E-state index in [1.807, 2.05) is 11.5 Å². The van der Waals surface area contributed by atoms with Crippen molar-refractivity contribution in [2.75, 3.05) is 6.61 Å². The van der Waals surface area contributed by atoms with Crippen LogP contribution in [0.15, 0.2) is 18.3 Å². The van der Waals surface area contributed by atoms with Gasteiger partial charge in [-0.1, -0.05) is 20.3 Å². The highest BCUT2D eigenvalue weighted by molar-refractivity contribution is 6.03. The van der Waals surface area contributed by atoms with E-state index >= 15 is 0 Å². The second-order valence-electron chi connectivity index (χ2n) is 5.73. The van der Waals surface area contributed by atoms with Crippen molar-refractivity contribution in [1.82, 2.24) is 4.57 Å². The summed E-state index contributed by atoms with van der Waals surface area (Å²) >= 11 is 0. The van der Waals surface area contributed by atoms with Gasteiger partial charge in [0.25, 0.3) is 0 Å². The predicted octanol–water partition coefficient (Wildman–Crippen LogP) is 3.63. The van der Waals surface area contributed by atoms with Crippen LogP contribution in [0.25, 0.3) is 10.9 Å². The first-order chi connectivity index (χ1) is 10.6. The van der Waals surface area contributed by atoms with Crippen LogP contribution in [0.4, 0.5) is 0 Å². The van der Waals surface area contributed by atoms with E-state index in [2.05, 4.69) is 19.2 Å². The van der Waals surface area contributed by atoms with E-state index in [1.54, 1.807) is 6.07 Å². The quantitative estimate of drug-likeness (QED) is 0.783. The van der Waals surface area contributed by atoms with E-state index in [0.717, 1.165) is 42.1 Å². The molecule has 120 valence electrons. The van der Waals surface area contributed by atoms with E-state index in [4.69, 9.17) is 5.11 Å². The van der Waals surface area contributed by atoms with E-state index < -0.39 is 5.97 Å². The van der Waals surface area contributed by atoms with Crippen LogP contribution in [0.1, 0.15) is 54.6 Å². The fourth-order valence-electron chi connectivity index (χ4n) is 2.92. The Kier molecular flexibility index (Phi) is 5.61. The molecule has 0 aliphatic heterocycles. The summed E-state index contributed by atoms with van der Waals surface area (Å²) in [6.07, 6.45) is 6.70. The molecule has 1 aromatic heterocycles. The molecule has 0 saturated carbocycles. The SMILES string of the molecule is CCCCc1cn(CCCO)c2c(C(=O)O)cc(CC)cc12. The van der Waals surface area contributed by atoms with E-state index in [-0.39, 0.29) is 6.61 Å². The summed E-state index contributed by atoms with van der Waals surface area (Å²) < 4.78 is 2.00. The van der Waals surface area contributed by atoms with Crippen LogP contribution in [0.3, 0.4) is 0 Å². The lowest BCUT2D eigenvalue weighted by Gasteiger charge is -2.08. The van der Waals surface area contributed by atoms with Crippen LogP contribution < -0.4 is 0 Å². The van der Waals surface area contributed by atoms with Gasteiger partial charge in [-0.15, -0.1) is 0 Å². The Bertz CT molecular complexity index is 658. The lowest BCUT2D eigenvalue weighted by atomic mass is 10.0. The molecule has 4 nitrogen and oxygen atoms in total. The fraction of sp³-hybridized carbons (Fsp3) is 0.500. The van der Waals surface area contributed by atoms with Crippen molar-refractivity contribution >= 4 is 16.9 Å². The Morgan fingerprint density at radius 2 is 2.00 bits per heavy atom. The first-order valence-electron chi connectivity index (χ1n) is 8.11. The number of hydrogen-bond acceptors (Lipinski definition) is 2. The average Bonchev–Trinajstić information content (AvgIpc) is 2.87. The van der Waals surface area contributed by atoms with Gasteiger partial charge in [0, 0.05) is 24.7 Å². The number of aromatic carboxylic acids is 1. The summed E-state index contributed by atoms with van der Waals surface area (Å²) in [5, 5.41) is 19.7. The zero-order valence-corrected chi connectivity index (χ0v) is 13.4. The summed E-state index contributed by atoms with van der Waals surface area (Å²) in [7, 11) is 0. The van der Waals surface area contributed by atoms with Gasteiger partial charge >= 0.3 is 5.97 Å². The van der Waals surface area contributed by atoms with E-state index in [0.29, 0.717) is 18.5 Å². The number of carboxylic acid groups (broad SMARTS) is 1. The first kappa shape index (κ1) is 16.6. The highest BCUT2D eigenvalue weighted by atomic mass is 16.4. The summed E-state index contributed by atoms with van der Waals surface area (Å²) in [5.41, 5.74) is 3.44. The van der Waals surface area contributed by atoms with Crippen molar-refractivity contribution in [1.29, 1.82) is 0 Å². The van der Waals surface area contributed by atoms with Crippen molar-refractivity contribution in [3.63, 3.8) is 0 Å². The monoisotopic (exact) mass is 303 g/mol. The summed E-state index contributed by atoms with van der Waals surface area (Å²) in [5.74, 6) is -0.884. The van der Waals surface area contributed by atoms with Crippen molar-refractivity contribution in [3.05, 3.63) is 35.0 Å². The van der Waals surface area contributed by atoms with E-state index in [1.165, 1.54) is 5.56 Å². The molecule has 4 heteroatoms.